The minimum atomic E-state index is -2.85. The maximum atomic E-state index is 11.6. The number of aromatic nitrogens is 4. The van der Waals surface area contributed by atoms with Gasteiger partial charge in [0.25, 0.3) is 0 Å². The van der Waals surface area contributed by atoms with Gasteiger partial charge in [-0.1, -0.05) is 30.3 Å². The molecule has 0 radical (unpaired) electrons. The summed E-state index contributed by atoms with van der Waals surface area (Å²) >= 11 is 1.37. The Hall–Kier alpha value is -2.82. The third-order valence-electron chi connectivity index (χ3n) is 5.14. The van der Waals surface area contributed by atoms with Crippen LogP contribution in [0.1, 0.15) is 5.56 Å². The van der Waals surface area contributed by atoms with Crippen molar-refractivity contribution < 1.29 is 8.42 Å². The van der Waals surface area contributed by atoms with Gasteiger partial charge in [0.1, 0.15) is 0 Å². The first-order valence-electron chi connectivity index (χ1n) is 9.60. The van der Waals surface area contributed by atoms with E-state index in [1.54, 1.807) is 6.20 Å². The minimum Gasteiger partial charge on any atom is -0.321 e. The highest BCUT2D eigenvalue weighted by atomic mass is 32.2. The highest BCUT2D eigenvalue weighted by Gasteiger charge is 2.21. The average molecular weight is 441 g/mol. The lowest BCUT2D eigenvalue weighted by Gasteiger charge is -2.26. The van der Waals surface area contributed by atoms with Crippen LogP contribution in [-0.4, -0.2) is 56.9 Å². The third-order valence-corrected chi connectivity index (χ3v) is 7.34. The Balaban J connectivity index is 1.35. The highest BCUT2D eigenvalue weighted by Crippen LogP contribution is 2.23. The molecule has 154 valence electrons. The van der Waals surface area contributed by atoms with Crippen LogP contribution in [0, 0.1) is 0 Å². The molecule has 0 aliphatic carbocycles. The number of benzene rings is 1. The maximum absolute atomic E-state index is 11.6. The predicted molar refractivity (Wildman–Crippen MR) is 118 cm³/mol. The Kier molecular flexibility index (Phi) is 4.97. The molecular formula is C20H20N6O2S2. The third kappa shape index (κ3) is 4.07. The first-order chi connectivity index (χ1) is 14.6. The summed E-state index contributed by atoms with van der Waals surface area (Å²) in [7, 11) is -2.85. The smallest absolute Gasteiger partial charge is 0.247 e. The molecule has 1 aliphatic rings. The average Bonchev–Trinajstić information content (AvgIpc) is 3.39. The van der Waals surface area contributed by atoms with E-state index in [1.165, 1.54) is 11.5 Å². The molecule has 10 heteroatoms. The van der Waals surface area contributed by atoms with Crippen molar-refractivity contribution in [2.75, 3.05) is 29.9 Å². The lowest BCUT2D eigenvalue weighted by molar-refractivity contribution is 0.287. The maximum Gasteiger partial charge on any atom is 0.247 e. The largest absolute Gasteiger partial charge is 0.321 e. The van der Waals surface area contributed by atoms with Crippen molar-refractivity contribution in [1.82, 2.24) is 23.9 Å². The number of pyridine rings is 1. The molecule has 1 saturated heterocycles. The molecule has 5 rings (SSSR count). The van der Waals surface area contributed by atoms with Gasteiger partial charge >= 0.3 is 0 Å². The van der Waals surface area contributed by atoms with Crippen molar-refractivity contribution in [1.29, 1.82) is 0 Å². The Morgan fingerprint density at radius 2 is 1.87 bits per heavy atom. The number of nitrogens with zero attached hydrogens (tertiary/aromatic N) is 5. The topological polar surface area (TPSA) is 92.5 Å². The Morgan fingerprint density at radius 3 is 2.60 bits per heavy atom. The molecule has 30 heavy (non-hydrogen) atoms. The van der Waals surface area contributed by atoms with E-state index < -0.39 is 9.84 Å². The second-order valence-corrected chi connectivity index (χ2v) is 10.2. The zero-order valence-corrected chi connectivity index (χ0v) is 17.7. The van der Waals surface area contributed by atoms with Crippen LogP contribution in [0.15, 0.2) is 54.0 Å². The molecule has 4 aromatic rings. The fourth-order valence-corrected chi connectivity index (χ4v) is 5.27. The molecule has 8 nitrogen and oxygen atoms in total. The van der Waals surface area contributed by atoms with Crippen molar-refractivity contribution in [3.8, 4) is 11.3 Å². The molecule has 0 amide bonds. The van der Waals surface area contributed by atoms with E-state index in [2.05, 4.69) is 48.9 Å². The van der Waals surface area contributed by atoms with E-state index in [1.807, 2.05) is 28.1 Å². The summed E-state index contributed by atoms with van der Waals surface area (Å²) in [5.74, 6) is 1.02. The van der Waals surface area contributed by atoms with E-state index in [9.17, 15) is 8.42 Å². The van der Waals surface area contributed by atoms with E-state index >= 15 is 0 Å². The van der Waals surface area contributed by atoms with Gasteiger partial charge in [-0.3, -0.25) is 4.90 Å². The van der Waals surface area contributed by atoms with Crippen LogP contribution >= 0.6 is 11.5 Å². The van der Waals surface area contributed by atoms with E-state index in [-0.39, 0.29) is 11.5 Å². The summed E-state index contributed by atoms with van der Waals surface area (Å²) in [5.41, 5.74) is 4.78. The van der Waals surface area contributed by atoms with Gasteiger partial charge in [0.05, 0.1) is 29.1 Å². The molecule has 1 N–H and O–H groups in total. The molecule has 1 aromatic carbocycles. The van der Waals surface area contributed by atoms with Gasteiger partial charge in [0.15, 0.2) is 15.5 Å². The van der Waals surface area contributed by atoms with Gasteiger partial charge in [-0.15, -0.1) is 5.10 Å². The lowest BCUT2D eigenvalue weighted by atomic mass is 10.1. The van der Waals surface area contributed by atoms with Gasteiger partial charge in [-0.2, -0.15) is 9.36 Å². The van der Waals surface area contributed by atoms with E-state index in [4.69, 9.17) is 0 Å². The quantitative estimate of drug-likeness (QED) is 0.510. The molecule has 1 aliphatic heterocycles. The van der Waals surface area contributed by atoms with E-state index in [0.717, 1.165) is 34.7 Å². The molecule has 4 heterocycles. The molecular weight excluding hydrogens is 420 g/mol. The fraction of sp³-hybridized carbons (Fsp3) is 0.250. The summed E-state index contributed by atoms with van der Waals surface area (Å²) < 4.78 is 29.1. The second-order valence-electron chi connectivity index (χ2n) is 7.28. The molecule has 0 unspecified atom stereocenters. The first kappa shape index (κ1) is 19.2. The van der Waals surface area contributed by atoms with Crippen molar-refractivity contribution in [2.45, 2.75) is 6.54 Å². The van der Waals surface area contributed by atoms with Crippen LogP contribution < -0.4 is 5.32 Å². The molecule has 0 spiro atoms. The standard InChI is InChI=1S/C20H20N6O2S2/c27-30(28)10-8-25(9-11-30)13-15-4-6-16(7-5-15)18-2-1-3-19-23-20(24-26(18)19)22-17-12-21-29-14-17/h1-7,12,14H,8-11,13H2,(H,22,24). The monoisotopic (exact) mass is 440 g/mol. The molecule has 0 saturated carbocycles. The molecule has 0 bridgehead atoms. The highest BCUT2D eigenvalue weighted by molar-refractivity contribution is 7.91. The Bertz CT molecular complexity index is 1250. The van der Waals surface area contributed by atoms with Gasteiger partial charge in [-0.05, 0) is 29.2 Å². The zero-order chi connectivity index (χ0) is 20.6. The van der Waals surface area contributed by atoms with Crippen LogP contribution in [0.5, 0.6) is 0 Å². The lowest BCUT2D eigenvalue weighted by Crippen LogP contribution is -2.39. The fourth-order valence-electron chi connectivity index (χ4n) is 3.52. The van der Waals surface area contributed by atoms with Crippen molar-refractivity contribution in [3.63, 3.8) is 0 Å². The molecule has 1 fully saturated rings. The number of hydrogen-bond donors (Lipinski definition) is 1. The second kappa shape index (κ2) is 7.78. The summed E-state index contributed by atoms with van der Waals surface area (Å²) in [5, 5.41) is 9.67. The van der Waals surface area contributed by atoms with Crippen LogP contribution in [0.25, 0.3) is 16.9 Å². The van der Waals surface area contributed by atoms with Crippen LogP contribution in [0.4, 0.5) is 11.6 Å². The number of anilines is 2. The Morgan fingerprint density at radius 1 is 1.07 bits per heavy atom. The first-order valence-corrected chi connectivity index (χ1v) is 12.3. The van der Waals surface area contributed by atoms with Crippen LogP contribution in [0.3, 0.4) is 0 Å². The predicted octanol–water partition coefficient (Wildman–Crippen LogP) is 2.83. The summed E-state index contributed by atoms with van der Waals surface area (Å²) in [6.45, 7) is 1.95. The van der Waals surface area contributed by atoms with Crippen LogP contribution in [0.2, 0.25) is 0 Å². The normalized spacial score (nSPS) is 16.7. The van der Waals surface area contributed by atoms with Crippen molar-refractivity contribution in [3.05, 3.63) is 59.6 Å². The summed E-state index contributed by atoms with van der Waals surface area (Å²) in [6.07, 6.45) is 1.74. The van der Waals surface area contributed by atoms with E-state index in [0.29, 0.717) is 19.0 Å². The zero-order valence-electron chi connectivity index (χ0n) is 16.1. The molecule has 3 aromatic heterocycles. The summed E-state index contributed by atoms with van der Waals surface area (Å²) in [6, 6.07) is 14.2. The number of rotatable bonds is 5. The van der Waals surface area contributed by atoms with Gasteiger partial charge in [0.2, 0.25) is 5.95 Å². The number of sulfone groups is 1. The van der Waals surface area contributed by atoms with Gasteiger partial charge in [0, 0.05) is 30.6 Å². The SMILES string of the molecule is O=S1(=O)CCN(Cc2ccc(-c3cccc4nc(Nc5cnsc5)nn34)cc2)CC1. The molecule has 0 atom stereocenters. The van der Waals surface area contributed by atoms with Crippen LogP contribution in [-0.2, 0) is 16.4 Å². The number of nitrogens with one attached hydrogen (secondary N) is 1. The van der Waals surface area contributed by atoms with Gasteiger partial charge < -0.3 is 5.32 Å². The number of fused-ring (bicyclic) bond motifs is 1. The van der Waals surface area contributed by atoms with Gasteiger partial charge in [-0.25, -0.2) is 12.9 Å². The Labute approximate surface area is 178 Å². The minimum absolute atomic E-state index is 0.247. The van der Waals surface area contributed by atoms with Crippen molar-refractivity contribution in [2.24, 2.45) is 0 Å². The summed E-state index contributed by atoms with van der Waals surface area (Å²) in [4.78, 5) is 6.73. The van der Waals surface area contributed by atoms with Crippen molar-refractivity contribution >= 4 is 38.7 Å². The number of hydrogen-bond acceptors (Lipinski definition) is 8.